The van der Waals surface area contributed by atoms with E-state index in [4.69, 9.17) is 0 Å². The van der Waals surface area contributed by atoms with Crippen LogP contribution >= 0.6 is 0 Å². The van der Waals surface area contributed by atoms with Gasteiger partial charge in [0, 0.05) is 5.54 Å². The average molecular weight is 215 g/mol. The van der Waals surface area contributed by atoms with Gasteiger partial charge in [-0.1, -0.05) is 39.0 Å². The minimum atomic E-state index is -0.214. The van der Waals surface area contributed by atoms with Gasteiger partial charge in [-0.05, 0) is 34.4 Å². The number of rotatable bonds is 8. The van der Waals surface area contributed by atoms with Crippen LogP contribution in [0.2, 0.25) is 0 Å². The molecule has 0 saturated heterocycles. The van der Waals surface area contributed by atoms with Crippen LogP contribution < -0.4 is 0 Å². The van der Waals surface area contributed by atoms with Crippen LogP contribution in [0.4, 0.5) is 0 Å². The number of hydrogen-bond donors (Lipinski definition) is 1. The van der Waals surface area contributed by atoms with Crippen molar-refractivity contribution in [3.05, 3.63) is 0 Å². The van der Waals surface area contributed by atoms with Crippen molar-refractivity contribution in [2.75, 3.05) is 14.1 Å². The second-order valence-electron chi connectivity index (χ2n) is 5.27. The van der Waals surface area contributed by atoms with Crippen molar-refractivity contribution in [3.63, 3.8) is 0 Å². The van der Waals surface area contributed by atoms with Gasteiger partial charge in [0.1, 0.15) is 0 Å². The Morgan fingerprint density at radius 1 is 1.07 bits per heavy atom. The lowest BCUT2D eigenvalue weighted by Crippen LogP contribution is -2.48. The second kappa shape index (κ2) is 7.24. The summed E-state index contributed by atoms with van der Waals surface area (Å²) < 4.78 is 0. The lowest BCUT2D eigenvalue weighted by molar-refractivity contribution is 0.0109. The number of aliphatic hydroxyl groups excluding tert-OH is 1. The SMILES string of the molecule is CCCCCCCC(O)C(C)(C)N(C)C. The molecule has 0 heterocycles. The highest BCUT2D eigenvalue weighted by Gasteiger charge is 2.29. The molecule has 0 aliphatic heterocycles. The van der Waals surface area contributed by atoms with Gasteiger partial charge < -0.3 is 10.0 Å². The van der Waals surface area contributed by atoms with Crippen LogP contribution in [0.5, 0.6) is 0 Å². The van der Waals surface area contributed by atoms with Crippen molar-refractivity contribution in [1.82, 2.24) is 4.90 Å². The first kappa shape index (κ1) is 14.9. The van der Waals surface area contributed by atoms with Crippen LogP contribution in [0, 0.1) is 0 Å². The minimum Gasteiger partial charge on any atom is -0.391 e. The summed E-state index contributed by atoms with van der Waals surface area (Å²) in [6, 6.07) is 0. The van der Waals surface area contributed by atoms with E-state index in [1.165, 1.54) is 25.7 Å². The summed E-state index contributed by atoms with van der Waals surface area (Å²) in [5.74, 6) is 0. The fourth-order valence-electron chi connectivity index (χ4n) is 1.59. The van der Waals surface area contributed by atoms with E-state index in [0.29, 0.717) is 0 Å². The van der Waals surface area contributed by atoms with E-state index >= 15 is 0 Å². The minimum absolute atomic E-state index is 0.106. The molecule has 0 aromatic rings. The number of hydrogen-bond acceptors (Lipinski definition) is 2. The van der Waals surface area contributed by atoms with Gasteiger partial charge in [0.2, 0.25) is 0 Å². The molecule has 0 aromatic carbocycles. The molecule has 1 atom stereocenters. The first-order valence-corrected chi connectivity index (χ1v) is 6.28. The van der Waals surface area contributed by atoms with E-state index in [2.05, 4.69) is 25.7 Å². The summed E-state index contributed by atoms with van der Waals surface area (Å²) in [6.45, 7) is 6.43. The maximum Gasteiger partial charge on any atom is 0.0718 e. The maximum atomic E-state index is 10.1. The van der Waals surface area contributed by atoms with Crippen molar-refractivity contribution in [2.45, 2.75) is 70.9 Å². The third-order valence-electron chi connectivity index (χ3n) is 3.55. The molecule has 0 radical (unpaired) electrons. The van der Waals surface area contributed by atoms with Gasteiger partial charge in [-0.3, -0.25) is 0 Å². The van der Waals surface area contributed by atoms with Crippen LogP contribution in [0.3, 0.4) is 0 Å². The molecule has 2 heteroatoms. The lowest BCUT2D eigenvalue weighted by Gasteiger charge is -2.37. The van der Waals surface area contributed by atoms with Crippen molar-refractivity contribution in [1.29, 1.82) is 0 Å². The van der Waals surface area contributed by atoms with E-state index in [1.54, 1.807) is 0 Å². The molecule has 0 fully saturated rings. The molecule has 0 amide bonds. The van der Waals surface area contributed by atoms with Gasteiger partial charge in [0.25, 0.3) is 0 Å². The van der Waals surface area contributed by atoms with Gasteiger partial charge in [0.05, 0.1) is 6.10 Å². The van der Waals surface area contributed by atoms with Crippen molar-refractivity contribution in [3.8, 4) is 0 Å². The number of nitrogens with zero attached hydrogens (tertiary/aromatic N) is 1. The molecule has 15 heavy (non-hydrogen) atoms. The molecule has 92 valence electrons. The molecule has 0 bridgehead atoms. The summed E-state index contributed by atoms with van der Waals surface area (Å²) in [7, 11) is 4.06. The third kappa shape index (κ3) is 5.53. The molecule has 0 rings (SSSR count). The Kier molecular flexibility index (Phi) is 7.20. The Hall–Kier alpha value is -0.0800. The standard InChI is InChI=1S/C13H29NO/c1-6-7-8-9-10-11-12(15)13(2,3)14(4)5/h12,15H,6-11H2,1-5H3. The lowest BCUT2D eigenvalue weighted by atomic mass is 9.91. The second-order valence-corrected chi connectivity index (χ2v) is 5.27. The molecule has 0 saturated carbocycles. The molecule has 0 aromatic heterocycles. The summed E-state index contributed by atoms with van der Waals surface area (Å²) in [5, 5.41) is 10.1. The average Bonchev–Trinajstić information content (AvgIpc) is 2.16. The van der Waals surface area contributed by atoms with E-state index < -0.39 is 0 Å². The quantitative estimate of drug-likeness (QED) is 0.629. The summed E-state index contributed by atoms with van der Waals surface area (Å²) >= 11 is 0. The van der Waals surface area contributed by atoms with E-state index in [-0.39, 0.29) is 11.6 Å². The predicted octanol–water partition coefficient (Wildman–Crippen LogP) is 3.05. The Bertz CT molecular complexity index is 155. The maximum absolute atomic E-state index is 10.1. The topological polar surface area (TPSA) is 23.5 Å². The van der Waals surface area contributed by atoms with Crippen LogP contribution in [-0.4, -0.2) is 35.7 Å². The summed E-state index contributed by atoms with van der Waals surface area (Å²) in [5.41, 5.74) is -0.106. The molecule has 1 unspecified atom stereocenters. The van der Waals surface area contributed by atoms with Gasteiger partial charge >= 0.3 is 0 Å². The molecule has 0 spiro atoms. The van der Waals surface area contributed by atoms with Gasteiger partial charge in [0.15, 0.2) is 0 Å². The van der Waals surface area contributed by atoms with Crippen molar-refractivity contribution < 1.29 is 5.11 Å². The number of unbranched alkanes of at least 4 members (excludes halogenated alkanes) is 4. The van der Waals surface area contributed by atoms with Crippen molar-refractivity contribution in [2.24, 2.45) is 0 Å². The monoisotopic (exact) mass is 215 g/mol. The Morgan fingerprint density at radius 3 is 2.07 bits per heavy atom. The zero-order valence-electron chi connectivity index (χ0n) is 11.2. The molecule has 0 aliphatic carbocycles. The molecular weight excluding hydrogens is 186 g/mol. The first-order chi connectivity index (χ1) is 6.92. The Labute approximate surface area is 95.7 Å². The molecular formula is C13H29NO. The largest absolute Gasteiger partial charge is 0.391 e. The smallest absolute Gasteiger partial charge is 0.0718 e. The Balaban J connectivity index is 3.69. The van der Waals surface area contributed by atoms with Crippen molar-refractivity contribution >= 4 is 0 Å². The summed E-state index contributed by atoms with van der Waals surface area (Å²) in [6.07, 6.45) is 7.04. The third-order valence-corrected chi connectivity index (χ3v) is 3.55. The normalized spacial score (nSPS) is 14.6. The number of aliphatic hydroxyl groups is 1. The molecule has 2 nitrogen and oxygen atoms in total. The van der Waals surface area contributed by atoms with Crippen LogP contribution in [0.15, 0.2) is 0 Å². The Morgan fingerprint density at radius 2 is 1.60 bits per heavy atom. The van der Waals surface area contributed by atoms with Gasteiger partial charge in [-0.2, -0.15) is 0 Å². The van der Waals surface area contributed by atoms with Crippen LogP contribution in [0.1, 0.15) is 59.3 Å². The van der Waals surface area contributed by atoms with E-state index in [0.717, 1.165) is 12.8 Å². The van der Waals surface area contributed by atoms with Crippen LogP contribution in [-0.2, 0) is 0 Å². The molecule has 1 N–H and O–H groups in total. The van der Waals surface area contributed by atoms with Gasteiger partial charge in [-0.15, -0.1) is 0 Å². The summed E-state index contributed by atoms with van der Waals surface area (Å²) in [4.78, 5) is 2.10. The highest BCUT2D eigenvalue weighted by atomic mass is 16.3. The first-order valence-electron chi connectivity index (χ1n) is 6.28. The number of likely N-dealkylation sites (N-methyl/N-ethyl adjacent to an activating group) is 1. The highest BCUT2D eigenvalue weighted by Crippen LogP contribution is 2.20. The zero-order valence-corrected chi connectivity index (χ0v) is 11.2. The highest BCUT2D eigenvalue weighted by molar-refractivity contribution is 4.85. The fraction of sp³-hybridized carbons (Fsp3) is 1.00. The fourth-order valence-corrected chi connectivity index (χ4v) is 1.59. The van der Waals surface area contributed by atoms with E-state index in [9.17, 15) is 5.11 Å². The van der Waals surface area contributed by atoms with Gasteiger partial charge in [-0.25, -0.2) is 0 Å². The van der Waals surface area contributed by atoms with E-state index in [1.807, 2.05) is 14.1 Å². The molecule has 0 aliphatic rings. The predicted molar refractivity (Wildman–Crippen MR) is 67.1 cm³/mol. The zero-order chi connectivity index (χ0) is 11.9. The van der Waals surface area contributed by atoms with Crippen LogP contribution in [0.25, 0.3) is 0 Å².